The lowest BCUT2D eigenvalue weighted by Crippen LogP contribution is -2.54. The first-order valence-corrected chi connectivity index (χ1v) is 8.25. The molecule has 1 aliphatic heterocycles. The third-order valence-electron chi connectivity index (χ3n) is 5.09. The molecular formula is C15H25N3S. The summed E-state index contributed by atoms with van der Waals surface area (Å²) in [5.74, 6) is 0. The largest absolute Gasteiger partial charge is 0.329 e. The van der Waals surface area contributed by atoms with Crippen LogP contribution in [0.2, 0.25) is 0 Å². The summed E-state index contributed by atoms with van der Waals surface area (Å²) >= 11 is 1.85. The fourth-order valence-corrected chi connectivity index (χ4v) is 4.19. The topological polar surface area (TPSA) is 32.5 Å². The Kier molecular flexibility index (Phi) is 3.69. The SMILES string of the molecule is CC(c1cccs1)N(C)C1(CN)CCN(C2CC2)C1. The first-order valence-electron chi connectivity index (χ1n) is 7.37. The highest BCUT2D eigenvalue weighted by Gasteiger charge is 2.46. The molecule has 2 fully saturated rings. The van der Waals surface area contributed by atoms with Crippen LogP contribution in [0.3, 0.4) is 0 Å². The van der Waals surface area contributed by atoms with Crippen molar-refractivity contribution in [2.45, 2.75) is 43.8 Å². The molecule has 2 unspecified atom stereocenters. The lowest BCUT2D eigenvalue weighted by molar-refractivity contribution is 0.0898. The zero-order chi connectivity index (χ0) is 13.5. The fraction of sp³-hybridized carbons (Fsp3) is 0.733. The molecule has 1 saturated heterocycles. The Morgan fingerprint density at radius 1 is 1.58 bits per heavy atom. The van der Waals surface area contributed by atoms with Gasteiger partial charge in [0.1, 0.15) is 0 Å². The van der Waals surface area contributed by atoms with Crippen LogP contribution in [0.15, 0.2) is 17.5 Å². The van der Waals surface area contributed by atoms with Crippen molar-refractivity contribution in [2.75, 3.05) is 26.7 Å². The van der Waals surface area contributed by atoms with Crippen molar-refractivity contribution in [3.05, 3.63) is 22.4 Å². The standard InChI is InChI=1S/C15H25N3S/c1-12(14-4-3-9-19-14)17(2)15(10-16)7-8-18(11-15)13-5-6-13/h3-4,9,12-13H,5-8,10-11,16H2,1-2H3. The van der Waals surface area contributed by atoms with Gasteiger partial charge in [0.25, 0.3) is 0 Å². The van der Waals surface area contributed by atoms with E-state index >= 15 is 0 Å². The zero-order valence-electron chi connectivity index (χ0n) is 12.0. The summed E-state index contributed by atoms with van der Waals surface area (Å²) in [6, 6.07) is 5.70. The maximum Gasteiger partial charge on any atom is 0.0473 e. The number of nitrogens with zero attached hydrogens (tertiary/aromatic N) is 2. The monoisotopic (exact) mass is 279 g/mol. The van der Waals surface area contributed by atoms with Crippen LogP contribution in [0.5, 0.6) is 0 Å². The highest BCUT2D eigenvalue weighted by atomic mass is 32.1. The molecule has 3 rings (SSSR count). The molecule has 0 spiro atoms. The molecule has 1 aromatic heterocycles. The minimum absolute atomic E-state index is 0.173. The van der Waals surface area contributed by atoms with Crippen LogP contribution in [0.4, 0.5) is 0 Å². The highest BCUT2D eigenvalue weighted by molar-refractivity contribution is 7.10. The summed E-state index contributed by atoms with van der Waals surface area (Å²) < 4.78 is 0. The van der Waals surface area contributed by atoms with Crippen LogP contribution in [0.25, 0.3) is 0 Å². The molecule has 2 heterocycles. The number of thiophene rings is 1. The van der Waals surface area contributed by atoms with Gasteiger partial charge in [0.2, 0.25) is 0 Å². The molecule has 2 aliphatic rings. The van der Waals surface area contributed by atoms with Gasteiger partial charge in [-0.1, -0.05) is 6.07 Å². The van der Waals surface area contributed by atoms with Crippen LogP contribution in [-0.4, -0.2) is 48.1 Å². The van der Waals surface area contributed by atoms with E-state index in [1.54, 1.807) is 0 Å². The van der Waals surface area contributed by atoms with Gasteiger partial charge in [-0.2, -0.15) is 0 Å². The summed E-state index contributed by atoms with van der Waals surface area (Å²) in [5, 5.41) is 2.17. The van der Waals surface area contributed by atoms with Crippen molar-refractivity contribution in [3.8, 4) is 0 Å². The number of hydrogen-bond acceptors (Lipinski definition) is 4. The van der Waals surface area contributed by atoms with Crippen molar-refractivity contribution in [1.29, 1.82) is 0 Å². The summed E-state index contributed by atoms with van der Waals surface area (Å²) in [6.45, 7) is 5.45. The molecule has 3 nitrogen and oxygen atoms in total. The Morgan fingerprint density at radius 3 is 2.95 bits per heavy atom. The Hall–Kier alpha value is -0.420. The van der Waals surface area contributed by atoms with Crippen molar-refractivity contribution >= 4 is 11.3 Å². The fourth-order valence-electron chi connectivity index (χ4n) is 3.37. The number of rotatable bonds is 5. The molecule has 106 valence electrons. The molecular weight excluding hydrogens is 254 g/mol. The minimum Gasteiger partial charge on any atom is -0.329 e. The summed E-state index contributed by atoms with van der Waals surface area (Å²) in [4.78, 5) is 6.63. The van der Waals surface area contributed by atoms with Crippen LogP contribution in [0, 0.1) is 0 Å². The zero-order valence-corrected chi connectivity index (χ0v) is 12.8. The smallest absolute Gasteiger partial charge is 0.0473 e. The lowest BCUT2D eigenvalue weighted by atomic mass is 9.94. The average Bonchev–Trinajstić information content (AvgIpc) is 2.97. The second-order valence-corrected chi connectivity index (χ2v) is 7.16. The van der Waals surface area contributed by atoms with Gasteiger partial charge in [-0.15, -0.1) is 11.3 Å². The van der Waals surface area contributed by atoms with Gasteiger partial charge in [0, 0.05) is 42.1 Å². The summed E-state index contributed by atoms with van der Waals surface area (Å²) in [6.07, 6.45) is 4.00. The van der Waals surface area contributed by atoms with E-state index in [0.717, 1.165) is 19.1 Å². The number of likely N-dealkylation sites (N-methyl/N-ethyl adjacent to an activating group) is 1. The molecule has 1 saturated carbocycles. The normalized spacial score (nSPS) is 30.1. The quantitative estimate of drug-likeness (QED) is 0.898. The first kappa shape index (κ1) is 13.6. The van der Waals surface area contributed by atoms with E-state index in [4.69, 9.17) is 5.73 Å². The van der Waals surface area contributed by atoms with Crippen molar-refractivity contribution in [3.63, 3.8) is 0 Å². The van der Waals surface area contributed by atoms with E-state index in [1.807, 2.05) is 11.3 Å². The second kappa shape index (κ2) is 5.17. The molecule has 4 heteroatoms. The number of nitrogens with two attached hydrogens (primary N) is 1. The van der Waals surface area contributed by atoms with Gasteiger partial charge in [0.15, 0.2) is 0 Å². The Labute approximate surface area is 120 Å². The third kappa shape index (κ3) is 2.47. The predicted molar refractivity (Wildman–Crippen MR) is 81.5 cm³/mol. The Morgan fingerprint density at radius 2 is 2.37 bits per heavy atom. The lowest BCUT2D eigenvalue weighted by Gasteiger charge is -2.41. The van der Waals surface area contributed by atoms with E-state index in [9.17, 15) is 0 Å². The summed E-state index contributed by atoms with van der Waals surface area (Å²) in [7, 11) is 2.26. The van der Waals surface area contributed by atoms with Gasteiger partial charge >= 0.3 is 0 Å². The third-order valence-corrected chi connectivity index (χ3v) is 6.13. The molecule has 2 atom stereocenters. The number of likely N-dealkylation sites (tertiary alicyclic amines) is 1. The first-order chi connectivity index (χ1) is 9.16. The van der Waals surface area contributed by atoms with Gasteiger partial charge < -0.3 is 5.73 Å². The molecule has 0 radical (unpaired) electrons. The van der Waals surface area contributed by atoms with Gasteiger partial charge in [-0.3, -0.25) is 9.80 Å². The van der Waals surface area contributed by atoms with Gasteiger partial charge in [-0.05, 0) is 44.7 Å². The van der Waals surface area contributed by atoms with E-state index in [-0.39, 0.29) is 5.54 Å². The molecule has 1 aliphatic carbocycles. The molecule has 1 aromatic rings. The Bertz CT molecular complexity index is 415. The van der Waals surface area contributed by atoms with Gasteiger partial charge in [0.05, 0.1) is 0 Å². The van der Waals surface area contributed by atoms with Crippen molar-refractivity contribution in [2.24, 2.45) is 5.73 Å². The van der Waals surface area contributed by atoms with Crippen LogP contribution in [0.1, 0.15) is 37.1 Å². The molecule has 0 amide bonds. The average molecular weight is 279 g/mol. The van der Waals surface area contributed by atoms with Crippen molar-refractivity contribution < 1.29 is 0 Å². The molecule has 0 bridgehead atoms. The van der Waals surface area contributed by atoms with Crippen molar-refractivity contribution in [1.82, 2.24) is 9.80 Å². The van der Waals surface area contributed by atoms with Crippen LogP contribution in [-0.2, 0) is 0 Å². The second-order valence-electron chi connectivity index (χ2n) is 6.18. The van der Waals surface area contributed by atoms with E-state index in [0.29, 0.717) is 6.04 Å². The molecule has 0 aromatic carbocycles. The van der Waals surface area contributed by atoms with Crippen LogP contribution >= 0.6 is 11.3 Å². The minimum atomic E-state index is 0.173. The Balaban J connectivity index is 1.74. The van der Waals surface area contributed by atoms with Gasteiger partial charge in [-0.25, -0.2) is 0 Å². The highest BCUT2D eigenvalue weighted by Crippen LogP contribution is 2.38. The number of hydrogen-bond donors (Lipinski definition) is 1. The predicted octanol–water partition coefficient (Wildman–Crippen LogP) is 2.31. The molecule has 2 N–H and O–H groups in total. The maximum absolute atomic E-state index is 6.18. The van der Waals surface area contributed by atoms with Crippen LogP contribution < -0.4 is 5.73 Å². The maximum atomic E-state index is 6.18. The van der Waals surface area contributed by atoms with E-state index in [1.165, 1.54) is 30.7 Å². The summed E-state index contributed by atoms with van der Waals surface area (Å²) in [5.41, 5.74) is 6.35. The van der Waals surface area contributed by atoms with E-state index < -0.39 is 0 Å². The van der Waals surface area contributed by atoms with E-state index in [2.05, 4.69) is 41.3 Å². The molecule has 19 heavy (non-hydrogen) atoms.